The van der Waals surface area contributed by atoms with Crippen molar-refractivity contribution in [3.8, 4) is 11.5 Å². The van der Waals surface area contributed by atoms with Crippen molar-refractivity contribution in [2.24, 2.45) is 4.99 Å². The summed E-state index contributed by atoms with van der Waals surface area (Å²) in [5.74, 6) is 1.79. The lowest BCUT2D eigenvalue weighted by Crippen LogP contribution is -2.36. The van der Waals surface area contributed by atoms with E-state index in [0.29, 0.717) is 36.2 Å². The minimum Gasteiger partial charge on any atom is -0.493 e. The average molecular weight is 530 g/mol. The molecule has 166 valence electrons. The van der Waals surface area contributed by atoms with Crippen LogP contribution < -0.4 is 25.0 Å². The lowest BCUT2D eigenvalue weighted by Gasteiger charge is -2.22. The molecule has 0 fully saturated rings. The number of nitrogens with one attached hydrogen (secondary N) is 2. The molecule has 0 saturated carbocycles. The third-order valence-corrected chi connectivity index (χ3v) is 4.71. The second-order valence-electron chi connectivity index (χ2n) is 6.43. The Kier molecular flexibility index (Phi) is 11.3. The highest BCUT2D eigenvalue weighted by Crippen LogP contribution is 2.27. The van der Waals surface area contributed by atoms with Crippen molar-refractivity contribution in [1.29, 1.82) is 0 Å². The third-order valence-electron chi connectivity index (χ3n) is 4.71. The van der Waals surface area contributed by atoms with Crippen molar-refractivity contribution in [2.75, 3.05) is 39.3 Å². The summed E-state index contributed by atoms with van der Waals surface area (Å²) in [7, 11) is 4.92. The zero-order chi connectivity index (χ0) is 21.2. The molecule has 0 aliphatic carbocycles. The first-order chi connectivity index (χ1) is 14.1. The maximum absolute atomic E-state index is 14.4. The largest absolute Gasteiger partial charge is 0.493 e. The smallest absolute Gasteiger partial charge is 0.191 e. The van der Waals surface area contributed by atoms with Gasteiger partial charge in [0.2, 0.25) is 0 Å². The number of rotatable bonds is 9. The van der Waals surface area contributed by atoms with Crippen LogP contribution in [0.4, 0.5) is 10.1 Å². The molecule has 0 heterocycles. The number of ether oxygens (including phenoxy) is 2. The number of anilines is 1. The number of guanidine groups is 1. The highest BCUT2D eigenvalue weighted by molar-refractivity contribution is 14.0. The molecule has 6 nitrogen and oxygen atoms in total. The van der Waals surface area contributed by atoms with Crippen LogP contribution in [-0.4, -0.2) is 40.3 Å². The van der Waals surface area contributed by atoms with E-state index in [1.807, 2.05) is 49.1 Å². The quantitative estimate of drug-likeness (QED) is 0.290. The van der Waals surface area contributed by atoms with Gasteiger partial charge in [-0.3, -0.25) is 4.99 Å². The van der Waals surface area contributed by atoms with Crippen LogP contribution in [-0.2, 0) is 13.1 Å². The van der Waals surface area contributed by atoms with Gasteiger partial charge < -0.3 is 25.0 Å². The molecule has 0 aliphatic rings. The van der Waals surface area contributed by atoms with Crippen molar-refractivity contribution < 1.29 is 13.9 Å². The molecule has 8 heteroatoms. The van der Waals surface area contributed by atoms with Gasteiger partial charge in [0.15, 0.2) is 17.5 Å². The Balaban J connectivity index is 0.00000450. The number of hydrogen-bond acceptors (Lipinski definition) is 4. The summed E-state index contributed by atoms with van der Waals surface area (Å²) in [5.41, 5.74) is 2.52. The van der Waals surface area contributed by atoms with Crippen LogP contribution in [0.5, 0.6) is 11.5 Å². The zero-order valence-corrected chi connectivity index (χ0v) is 20.6. The maximum atomic E-state index is 14.4. The minimum absolute atomic E-state index is 0. The van der Waals surface area contributed by atoms with E-state index < -0.39 is 0 Å². The molecule has 0 radical (unpaired) electrons. The molecule has 0 unspecified atom stereocenters. The Bertz CT molecular complexity index is 829. The van der Waals surface area contributed by atoms with Crippen molar-refractivity contribution in [1.82, 2.24) is 10.6 Å². The van der Waals surface area contributed by atoms with Gasteiger partial charge >= 0.3 is 0 Å². The van der Waals surface area contributed by atoms with Crippen molar-refractivity contribution >= 4 is 35.6 Å². The zero-order valence-electron chi connectivity index (χ0n) is 18.3. The van der Waals surface area contributed by atoms with Gasteiger partial charge in [-0.1, -0.05) is 12.1 Å². The first kappa shape index (κ1) is 25.8. The number of nitrogens with zero attached hydrogens (tertiary/aromatic N) is 2. The van der Waals surface area contributed by atoms with Crippen LogP contribution in [0.15, 0.2) is 41.4 Å². The standard InChI is InChI=1S/C22H31FN4O2.HI/c1-6-27(7-2)19-10-8-16(12-18(19)23)14-25-22(24-3)26-15-17-9-11-20(28-4)21(13-17)29-5;/h8-13H,6-7,14-15H2,1-5H3,(H2,24,25,26);1H. The second kappa shape index (κ2) is 13.1. The SMILES string of the molecule is CCN(CC)c1ccc(CNC(=NC)NCc2ccc(OC)c(OC)c2)cc1F.I. The van der Waals surface area contributed by atoms with E-state index in [1.165, 1.54) is 0 Å². The van der Waals surface area contributed by atoms with E-state index in [-0.39, 0.29) is 29.8 Å². The van der Waals surface area contributed by atoms with Crippen LogP contribution in [0.3, 0.4) is 0 Å². The summed E-state index contributed by atoms with van der Waals surface area (Å²) < 4.78 is 25.0. The summed E-state index contributed by atoms with van der Waals surface area (Å²) in [6.45, 7) is 6.63. The summed E-state index contributed by atoms with van der Waals surface area (Å²) in [6.07, 6.45) is 0. The molecular formula is C22H32FIN4O2. The van der Waals surface area contributed by atoms with Gasteiger partial charge in [0, 0.05) is 33.2 Å². The molecule has 0 spiro atoms. The van der Waals surface area contributed by atoms with Gasteiger partial charge in [0.1, 0.15) is 5.82 Å². The van der Waals surface area contributed by atoms with Gasteiger partial charge in [-0.05, 0) is 49.2 Å². The number of methoxy groups -OCH3 is 2. The summed E-state index contributed by atoms with van der Waals surface area (Å²) in [4.78, 5) is 6.22. The minimum atomic E-state index is -0.207. The summed E-state index contributed by atoms with van der Waals surface area (Å²) in [5, 5.41) is 6.46. The topological polar surface area (TPSA) is 58.1 Å². The second-order valence-corrected chi connectivity index (χ2v) is 6.43. The molecule has 0 amide bonds. The Morgan fingerprint density at radius 1 is 0.933 bits per heavy atom. The van der Waals surface area contributed by atoms with Gasteiger partial charge in [0.25, 0.3) is 0 Å². The molecule has 0 aromatic heterocycles. The van der Waals surface area contributed by atoms with Crippen LogP contribution in [0.1, 0.15) is 25.0 Å². The Morgan fingerprint density at radius 2 is 1.50 bits per heavy atom. The van der Waals surface area contributed by atoms with Gasteiger partial charge in [-0.2, -0.15) is 0 Å². The van der Waals surface area contributed by atoms with Crippen LogP contribution in [0.25, 0.3) is 0 Å². The number of halogens is 2. The Labute approximate surface area is 195 Å². The number of hydrogen-bond donors (Lipinski definition) is 2. The predicted molar refractivity (Wildman–Crippen MR) is 132 cm³/mol. The van der Waals surface area contributed by atoms with E-state index >= 15 is 0 Å². The molecule has 2 aromatic carbocycles. The lowest BCUT2D eigenvalue weighted by molar-refractivity contribution is 0.354. The van der Waals surface area contributed by atoms with Crippen LogP contribution in [0.2, 0.25) is 0 Å². The van der Waals surface area contributed by atoms with E-state index in [1.54, 1.807) is 27.3 Å². The van der Waals surface area contributed by atoms with Crippen molar-refractivity contribution in [3.05, 3.63) is 53.3 Å². The predicted octanol–water partition coefficient (Wildman–Crippen LogP) is 4.17. The molecule has 0 aliphatic heterocycles. The number of aliphatic imine (C=N–C) groups is 1. The van der Waals surface area contributed by atoms with Crippen molar-refractivity contribution in [3.63, 3.8) is 0 Å². The first-order valence-corrected chi connectivity index (χ1v) is 9.75. The molecule has 30 heavy (non-hydrogen) atoms. The normalized spacial score (nSPS) is 10.8. The molecule has 2 aromatic rings. The van der Waals surface area contributed by atoms with E-state index in [0.717, 1.165) is 24.2 Å². The molecular weight excluding hydrogens is 498 g/mol. The fourth-order valence-corrected chi connectivity index (χ4v) is 3.06. The van der Waals surface area contributed by atoms with Crippen LogP contribution >= 0.6 is 24.0 Å². The van der Waals surface area contributed by atoms with Gasteiger partial charge in [-0.25, -0.2) is 4.39 Å². The Morgan fingerprint density at radius 3 is 2.00 bits per heavy atom. The molecule has 0 saturated heterocycles. The monoisotopic (exact) mass is 530 g/mol. The number of benzene rings is 2. The third kappa shape index (κ3) is 6.93. The molecule has 2 N–H and O–H groups in total. The highest BCUT2D eigenvalue weighted by Gasteiger charge is 2.10. The van der Waals surface area contributed by atoms with E-state index in [2.05, 4.69) is 15.6 Å². The van der Waals surface area contributed by atoms with Gasteiger partial charge in [-0.15, -0.1) is 24.0 Å². The van der Waals surface area contributed by atoms with Crippen molar-refractivity contribution in [2.45, 2.75) is 26.9 Å². The molecule has 0 atom stereocenters. The van der Waals surface area contributed by atoms with Gasteiger partial charge in [0.05, 0.1) is 19.9 Å². The summed E-state index contributed by atoms with van der Waals surface area (Å²) >= 11 is 0. The summed E-state index contributed by atoms with van der Waals surface area (Å²) in [6, 6.07) is 11.1. The fourth-order valence-electron chi connectivity index (χ4n) is 3.06. The maximum Gasteiger partial charge on any atom is 0.191 e. The fraction of sp³-hybridized carbons (Fsp3) is 0.409. The molecule has 2 rings (SSSR count). The first-order valence-electron chi connectivity index (χ1n) is 9.75. The highest BCUT2D eigenvalue weighted by atomic mass is 127. The van der Waals surface area contributed by atoms with E-state index in [9.17, 15) is 4.39 Å². The Hall–Kier alpha value is -2.23. The van der Waals surface area contributed by atoms with Crippen LogP contribution in [0, 0.1) is 5.82 Å². The molecule has 0 bridgehead atoms. The van der Waals surface area contributed by atoms with E-state index in [4.69, 9.17) is 9.47 Å². The lowest BCUT2D eigenvalue weighted by atomic mass is 10.1. The average Bonchev–Trinajstić information content (AvgIpc) is 2.75.